The van der Waals surface area contributed by atoms with Crippen molar-refractivity contribution in [2.75, 3.05) is 42.6 Å². The van der Waals surface area contributed by atoms with Crippen molar-refractivity contribution in [3.05, 3.63) is 64.6 Å². The Morgan fingerprint density at radius 2 is 1.89 bits per heavy atom. The number of piperazine rings is 1. The molecule has 1 aromatic heterocycles. The van der Waals surface area contributed by atoms with Gasteiger partial charge >= 0.3 is 0 Å². The van der Waals surface area contributed by atoms with Gasteiger partial charge in [0.2, 0.25) is 0 Å². The average molecular weight is 514 g/mol. The molecule has 7 nitrogen and oxygen atoms in total. The van der Waals surface area contributed by atoms with Crippen LogP contribution in [0.4, 0.5) is 20.2 Å². The number of nitrogens with one attached hydrogen (secondary N) is 1. The van der Waals surface area contributed by atoms with Crippen LogP contribution in [0.2, 0.25) is 5.02 Å². The molecule has 0 spiro atoms. The molecule has 188 valence electrons. The van der Waals surface area contributed by atoms with E-state index in [1.807, 2.05) is 24.8 Å². The number of aromatic nitrogens is 2. The highest BCUT2D eigenvalue weighted by Crippen LogP contribution is 2.40. The zero-order valence-electron chi connectivity index (χ0n) is 20.0. The first kappa shape index (κ1) is 24.4. The van der Waals surface area contributed by atoms with Gasteiger partial charge in [-0.25, -0.2) is 18.7 Å². The molecule has 1 amide bonds. The van der Waals surface area contributed by atoms with E-state index in [4.69, 9.17) is 16.3 Å². The molecular formula is C26H26ClF2N5O2. The van der Waals surface area contributed by atoms with E-state index in [1.165, 1.54) is 23.2 Å². The first-order valence-corrected chi connectivity index (χ1v) is 12.2. The number of ether oxygens (including phenoxy) is 1. The van der Waals surface area contributed by atoms with Crippen LogP contribution in [-0.2, 0) is 11.2 Å². The van der Waals surface area contributed by atoms with Crippen molar-refractivity contribution in [2.45, 2.75) is 26.3 Å². The van der Waals surface area contributed by atoms with Crippen LogP contribution in [0.3, 0.4) is 0 Å². The molecule has 0 unspecified atom stereocenters. The number of carbonyl (C=O) groups is 1. The van der Waals surface area contributed by atoms with Gasteiger partial charge in [0.1, 0.15) is 11.6 Å². The number of anilines is 2. The highest BCUT2D eigenvalue weighted by atomic mass is 35.5. The molecule has 2 aliphatic rings. The van der Waals surface area contributed by atoms with Crippen molar-refractivity contribution in [1.82, 2.24) is 15.3 Å². The Morgan fingerprint density at radius 1 is 1.11 bits per heavy atom. The number of halogens is 3. The minimum absolute atomic E-state index is 0.0255. The zero-order valence-corrected chi connectivity index (χ0v) is 20.8. The number of benzene rings is 2. The first-order chi connectivity index (χ1) is 17.3. The second-order valence-electron chi connectivity index (χ2n) is 9.13. The molecule has 1 saturated heterocycles. The lowest BCUT2D eigenvalue weighted by atomic mass is 10.1. The third-order valence-electron chi connectivity index (χ3n) is 6.31. The molecule has 1 N–H and O–H groups in total. The van der Waals surface area contributed by atoms with Crippen LogP contribution >= 0.6 is 11.6 Å². The summed E-state index contributed by atoms with van der Waals surface area (Å²) in [5, 5.41) is 3.49. The number of hydrogen-bond donors (Lipinski definition) is 1. The van der Waals surface area contributed by atoms with Gasteiger partial charge in [0, 0.05) is 50.4 Å². The fraction of sp³-hybridized carbons (Fsp3) is 0.346. The molecule has 2 aromatic carbocycles. The second kappa shape index (κ2) is 9.99. The molecule has 10 heteroatoms. The number of rotatable bonds is 5. The van der Waals surface area contributed by atoms with Crippen LogP contribution in [0.15, 0.2) is 36.5 Å². The number of hydrogen-bond acceptors (Lipinski definition) is 6. The van der Waals surface area contributed by atoms with E-state index < -0.39 is 5.82 Å². The van der Waals surface area contributed by atoms with Gasteiger partial charge in [-0.1, -0.05) is 17.7 Å². The molecule has 0 atom stereocenters. The Bertz CT molecular complexity index is 1310. The van der Waals surface area contributed by atoms with Crippen LogP contribution in [0, 0.1) is 11.6 Å². The molecule has 36 heavy (non-hydrogen) atoms. The van der Waals surface area contributed by atoms with E-state index in [2.05, 4.69) is 15.3 Å². The summed E-state index contributed by atoms with van der Waals surface area (Å²) in [4.78, 5) is 24.8. The molecule has 0 bridgehead atoms. The van der Waals surface area contributed by atoms with Crippen LogP contribution in [0.1, 0.15) is 25.2 Å². The molecule has 2 aliphatic heterocycles. The van der Waals surface area contributed by atoms with Gasteiger partial charge in [0.25, 0.3) is 5.91 Å². The monoisotopic (exact) mass is 513 g/mol. The standard InChI is InChI=1S/C26H26ClF2N5O2/c1-15(2)34-22-12-17(11-20(29)26(22)36-14-24(34)35)25-18(27)13-31-23(32-25)10-16-3-4-21(19(28)9-16)33-7-5-30-6-8-33/h3-4,9,11-13,15,30H,5-8,10,14H2,1-2H3. The molecule has 0 saturated carbocycles. The van der Waals surface area contributed by atoms with Gasteiger partial charge < -0.3 is 19.9 Å². The largest absolute Gasteiger partial charge is 0.478 e. The van der Waals surface area contributed by atoms with Crippen LogP contribution in [0.5, 0.6) is 5.75 Å². The third-order valence-corrected chi connectivity index (χ3v) is 6.58. The molecule has 1 fully saturated rings. The highest BCUT2D eigenvalue weighted by molar-refractivity contribution is 6.32. The second-order valence-corrected chi connectivity index (χ2v) is 9.54. The minimum atomic E-state index is -0.609. The van der Waals surface area contributed by atoms with Crippen LogP contribution in [0.25, 0.3) is 11.3 Å². The van der Waals surface area contributed by atoms with Gasteiger partial charge in [0.15, 0.2) is 18.2 Å². The van der Waals surface area contributed by atoms with E-state index in [1.54, 1.807) is 12.1 Å². The predicted octanol–water partition coefficient (Wildman–Crippen LogP) is 4.21. The van der Waals surface area contributed by atoms with Crippen molar-refractivity contribution in [3.63, 3.8) is 0 Å². The number of nitrogens with zero attached hydrogens (tertiary/aromatic N) is 4. The normalized spacial score (nSPS) is 15.8. The SMILES string of the molecule is CC(C)N1C(=O)COc2c(F)cc(-c3nc(Cc4ccc(N5CCNCC5)c(F)c4)ncc3Cl)cc21. The van der Waals surface area contributed by atoms with E-state index in [0.29, 0.717) is 34.0 Å². The molecule has 3 heterocycles. The Balaban J connectivity index is 1.45. The summed E-state index contributed by atoms with van der Waals surface area (Å²) >= 11 is 6.40. The maximum atomic E-state index is 15.0. The minimum Gasteiger partial charge on any atom is -0.478 e. The highest BCUT2D eigenvalue weighted by Gasteiger charge is 2.31. The summed E-state index contributed by atoms with van der Waals surface area (Å²) in [5.41, 5.74) is 2.33. The average Bonchev–Trinajstić information content (AvgIpc) is 2.85. The summed E-state index contributed by atoms with van der Waals surface area (Å²) in [6, 6.07) is 7.88. The summed E-state index contributed by atoms with van der Waals surface area (Å²) in [5.74, 6) is -0.719. The smallest absolute Gasteiger partial charge is 0.265 e. The van der Waals surface area contributed by atoms with Gasteiger partial charge in [-0.3, -0.25) is 4.79 Å². The van der Waals surface area contributed by atoms with Crippen LogP contribution in [-0.4, -0.2) is 54.7 Å². The Morgan fingerprint density at radius 3 is 2.61 bits per heavy atom. The van der Waals surface area contributed by atoms with E-state index in [0.717, 1.165) is 26.2 Å². The lowest BCUT2D eigenvalue weighted by Gasteiger charge is -2.33. The topological polar surface area (TPSA) is 70.6 Å². The molecule has 0 radical (unpaired) electrons. The maximum Gasteiger partial charge on any atom is 0.265 e. The first-order valence-electron chi connectivity index (χ1n) is 11.9. The van der Waals surface area contributed by atoms with Crippen molar-refractivity contribution in [2.24, 2.45) is 0 Å². The van der Waals surface area contributed by atoms with Crippen LogP contribution < -0.4 is 19.9 Å². The van der Waals surface area contributed by atoms with Gasteiger partial charge in [-0.2, -0.15) is 0 Å². The van der Waals surface area contributed by atoms with Crippen molar-refractivity contribution in [1.29, 1.82) is 0 Å². The Kier molecular flexibility index (Phi) is 6.77. The van der Waals surface area contributed by atoms with Gasteiger partial charge in [-0.05, 0) is 43.7 Å². The van der Waals surface area contributed by atoms with Gasteiger partial charge in [0.05, 0.1) is 22.1 Å². The fourth-order valence-electron chi connectivity index (χ4n) is 4.64. The van der Waals surface area contributed by atoms with Gasteiger partial charge in [-0.15, -0.1) is 0 Å². The van der Waals surface area contributed by atoms with Crippen molar-refractivity contribution < 1.29 is 18.3 Å². The molecular weight excluding hydrogens is 488 g/mol. The van der Waals surface area contributed by atoms with E-state index >= 15 is 0 Å². The summed E-state index contributed by atoms with van der Waals surface area (Å²) in [7, 11) is 0. The number of carbonyl (C=O) groups excluding carboxylic acids is 1. The number of amides is 1. The predicted molar refractivity (Wildman–Crippen MR) is 135 cm³/mol. The maximum absolute atomic E-state index is 15.0. The summed E-state index contributed by atoms with van der Waals surface area (Å²) < 4.78 is 35.2. The Labute approximate surface area is 213 Å². The zero-order chi connectivity index (χ0) is 25.4. The molecule has 0 aliphatic carbocycles. The lowest BCUT2D eigenvalue weighted by Crippen LogP contribution is -2.43. The summed E-state index contributed by atoms with van der Waals surface area (Å²) in [6.07, 6.45) is 1.72. The number of fused-ring (bicyclic) bond motifs is 1. The third kappa shape index (κ3) is 4.73. The molecule has 3 aromatic rings. The fourth-order valence-corrected chi connectivity index (χ4v) is 4.84. The molecule has 5 rings (SSSR count). The van der Waals surface area contributed by atoms with Crippen molar-refractivity contribution in [3.8, 4) is 17.0 Å². The van der Waals surface area contributed by atoms with E-state index in [9.17, 15) is 13.6 Å². The van der Waals surface area contributed by atoms with E-state index in [-0.39, 0.29) is 41.6 Å². The quantitative estimate of drug-likeness (QED) is 0.551. The van der Waals surface area contributed by atoms with Crippen molar-refractivity contribution >= 4 is 28.9 Å². The summed E-state index contributed by atoms with van der Waals surface area (Å²) in [6.45, 7) is 6.62. The lowest BCUT2D eigenvalue weighted by molar-refractivity contribution is -0.121. The Hall–Kier alpha value is -3.30.